The first kappa shape index (κ1) is 22.1. The van der Waals surface area contributed by atoms with Crippen molar-refractivity contribution in [1.82, 2.24) is 19.3 Å². The van der Waals surface area contributed by atoms with Crippen LogP contribution in [0.15, 0.2) is 70.3 Å². The molecule has 0 saturated carbocycles. The number of furan rings is 1. The average molecular weight is 472 g/mol. The first-order chi connectivity index (χ1) is 17.0. The highest BCUT2D eigenvalue weighted by molar-refractivity contribution is 6.09. The highest BCUT2D eigenvalue weighted by Crippen LogP contribution is 2.36. The SMILES string of the molecule is CCOC(=O)c1c(-c2ccccc2)oc2ccc(OC(=O)Cn3cnc4c(cnn4C)c3=O)cc12. The van der Waals surface area contributed by atoms with Crippen molar-refractivity contribution in [3.63, 3.8) is 0 Å². The van der Waals surface area contributed by atoms with Crippen LogP contribution in [0.2, 0.25) is 0 Å². The van der Waals surface area contributed by atoms with Gasteiger partial charge in [0.1, 0.15) is 40.9 Å². The van der Waals surface area contributed by atoms with Crippen LogP contribution in [-0.2, 0) is 23.1 Å². The zero-order chi connectivity index (χ0) is 24.5. The molecule has 10 heteroatoms. The fraction of sp³-hybridized carbons (Fsp3) is 0.160. The van der Waals surface area contributed by atoms with Gasteiger partial charge in [-0.3, -0.25) is 14.0 Å². The summed E-state index contributed by atoms with van der Waals surface area (Å²) in [6, 6.07) is 13.9. The molecule has 35 heavy (non-hydrogen) atoms. The van der Waals surface area contributed by atoms with E-state index in [4.69, 9.17) is 13.9 Å². The van der Waals surface area contributed by atoms with E-state index in [0.29, 0.717) is 33.3 Å². The van der Waals surface area contributed by atoms with Gasteiger partial charge in [-0.25, -0.2) is 14.6 Å². The van der Waals surface area contributed by atoms with Crippen molar-refractivity contribution in [2.75, 3.05) is 6.61 Å². The second kappa shape index (κ2) is 8.90. The number of ether oxygens (including phenoxy) is 2. The van der Waals surface area contributed by atoms with Crippen molar-refractivity contribution in [1.29, 1.82) is 0 Å². The molecule has 0 aliphatic heterocycles. The Balaban J connectivity index is 1.47. The number of carbonyl (C=O) groups excluding carboxylic acids is 2. The number of benzene rings is 2. The van der Waals surface area contributed by atoms with Crippen LogP contribution in [0.5, 0.6) is 5.75 Å². The van der Waals surface area contributed by atoms with Gasteiger partial charge in [0.25, 0.3) is 5.56 Å². The van der Waals surface area contributed by atoms with Crippen molar-refractivity contribution in [3.8, 4) is 17.1 Å². The van der Waals surface area contributed by atoms with E-state index in [9.17, 15) is 14.4 Å². The average Bonchev–Trinajstić information content (AvgIpc) is 3.42. The molecule has 0 fully saturated rings. The van der Waals surface area contributed by atoms with E-state index in [-0.39, 0.29) is 24.5 Å². The first-order valence-corrected chi connectivity index (χ1v) is 10.8. The van der Waals surface area contributed by atoms with Gasteiger partial charge in [0.05, 0.1) is 12.8 Å². The second-order valence-corrected chi connectivity index (χ2v) is 7.71. The van der Waals surface area contributed by atoms with E-state index in [2.05, 4.69) is 10.1 Å². The number of hydrogen-bond acceptors (Lipinski definition) is 8. The molecule has 0 saturated heterocycles. The molecule has 0 aliphatic carbocycles. The molecule has 5 aromatic rings. The van der Waals surface area contributed by atoms with Crippen LogP contribution in [0, 0.1) is 0 Å². The smallest absolute Gasteiger partial charge is 0.342 e. The third-order valence-electron chi connectivity index (χ3n) is 5.42. The van der Waals surface area contributed by atoms with E-state index >= 15 is 0 Å². The molecule has 0 N–H and O–H groups in total. The van der Waals surface area contributed by atoms with Gasteiger partial charge in [0.15, 0.2) is 5.65 Å². The zero-order valence-electron chi connectivity index (χ0n) is 18.9. The molecule has 0 amide bonds. The topological polar surface area (TPSA) is 118 Å². The minimum absolute atomic E-state index is 0.192. The van der Waals surface area contributed by atoms with Crippen LogP contribution in [0.4, 0.5) is 0 Å². The summed E-state index contributed by atoms with van der Waals surface area (Å²) >= 11 is 0. The molecule has 3 aromatic heterocycles. The minimum atomic E-state index is -0.680. The van der Waals surface area contributed by atoms with Crippen LogP contribution in [-0.4, -0.2) is 37.9 Å². The van der Waals surface area contributed by atoms with Crippen molar-refractivity contribution in [2.45, 2.75) is 13.5 Å². The summed E-state index contributed by atoms with van der Waals surface area (Å²) in [5.74, 6) is -0.668. The summed E-state index contributed by atoms with van der Waals surface area (Å²) in [5.41, 5.74) is 1.42. The lowest BCUT2D eigenvalue weighted by atomic mass is 10.1. The van der Waals surface area contributed by atoms with Gasteiger partial charge >= 0.3 is 11.9 Å². The molecule has 0 atom stereocenters. The Kier molecular flexibility index (Phi) is 5.61. The highest BCUT2D eigenvalue weighted by atomic mass is 16.5. The third-order valence-corrected chi connectivity index (χ3v) is 5.42. The summed E-state index contributed by atoms with van der Waals surface area (Å²) in [6.45, 7) is 1.56. The molecule has 0 radical (unpaired) electrons. The molecule has 2 aromatic carbocycles. The van der Waals surface area contributed by atoms with E-state index in [1.807, 2.05) is 30.3 Å². The quantitative estimate of drug-likeness (QED) is 0.273. The molecule has 0 unspecified atom stereocenters. The Morgan fingerprint density at radius 3 is 2.66 bits per heavy atom. The number of rotatable bonds is 6. The number of nitrogens with zero attached hydrogens (tertiary/aromatic N) is 4. The molecule has 3 heterocycles. The molecular weight excluding hydrogens is 452 g/mol. The standard InChI is InChI=1S/C25H20N4O6/c1-3-33-25(32)21-17-11-16(9-10-19(17)35-22(21)15-7-5-4-6-8-15)34-20(30)13-29-14-26-23-18(24(29)31)12-27-28(23)2/h4-12,14H,3,13H2,1-2H3. The molecule has 0 bridgehead atoms. The number of esters is 2. The molecule has 0 spiro atoms. The number of aromatic nitrogens is 4. The van der Waals surface area contributed by atoms with Crippen LogP contribution in [0.1, 0.15) is 17.3 Å². The van der Waals surface area contributed by atoms with Gasteiger partial charge in [0, 0.05) is 18.0 Å². The van der Waals surface area contributed by atoms with E-state index in [1.54, 1.807) is 32.2 Å². The fourth-order valence-electron chi connectivity index (χ4n) is 3.82. The van der Waals surface area contributed by atoms with Gasteiger partial charge < -0.3 is 13.9 Å². The number of fused-ring (bicyclic) bond motifs is 2. The predicted octanol–water partition coefficient (Wildman–Crippen LogP) is 3.33. The Bertz CT molecular complexity index is 1630. The molecule has 176 valence electrons. The maximum Gasteiger partial charge on any atom is 0.342 e. The molecular formula is C25H20N4O6. The van der Waals surface area contributed by atoms with Crippen molar-refractivity contribution >= 4 is 33.9 Å². The van der Waals surface area contributed by atoms with E-state index in [1.165, 1.54) is 17.2 Å². The van der Waals surface area contributed by atoms with E-state index < -0.39 is 17.5 Å². The van der Waals surface area contributed by atoms with Gasteiger partial charge in [-0.1, -0.05) is 30.3 Å². The number of carbonyl (C=O) groups is 2. The minimum Gasteiger partial charge on any atom is -0.462 e. The highest BCUT2D eigenvalue weighted by Gasteiger charge is 2.24. The summed E-state index contributed by atoms with van der Waals surface area (Å²) in [5, 5.41) is 4.76. The monoisotopic (exact) mass is 472 g/mol. The Morgan fingerprint density at radius 1 is 1.09 bits per heavy atom. The summed E-state index contributed by atoms with van der Waals surface area (Å²) in [7, 11) is 1.67. The predicted molar refractivity (Wildman–Crippen MR) is 126 cm³/mol. The van der Waals surface area contributed by atoms with Crippen molar-refractivity contribution < 1.29 is 23.5 Å². The Hall–Kier alpha value is -4.73. The lowest BCUT2D eigenvalue weighted by Crippen LogP contribution is -2.26. The summed E-state index contributed by atoms with van der Waals surface area (Å²) in [6.07, 6.45) is 2.68. The van der Waals surface area contributed by atoms with E-state index in [0.717, 1.165) is 4.57 Å². The lowest BCUT2D eigenvalue weighted by molar-refractivity contribution is -0.135. The largest absolute Gasteiger partial charge is 0.462 e. The Labute approximate surface area is 198 Å². The molecule has 0 aliphatic rings. The van der Waals surface area contributed by atoms with Gasteiger partial charge in [0.2, 0.25) is 0 Å². The van der Waals surface area contributed by atoms with Gasteiger partial charge in [-0.05, 0) is 25.1 Å². The summed E-state index contributed by atoms with van der Waals surface area (Å²) in [4.78, 5) is 42.2. The maximum atomic E-state index is 12.8. The number of aryl methyl sites for hydroxylation is 1. The summed E-state index contributed by atoms with van der Waals surface area (Å²) < 4.78 is 19.3. The molecule has 5 rings (SSSR count). The normalized spacial score (nSPS) is 11.1. The van der Waals surface area contributed by atoms with Crippen molar-refractivity contribution in [2.24, 2.45) is 7.05 Å². The molecule has 10 nitrogen and oxygen atoms in total. The lowest BCUT2D eigenvalue weighted by Gasteiger charge is -2.07. The first-order valence-electron chi connectivity index (χ1n) is 10.8. The van der Waals surface area contributed by atoms with Crippen LogP contribution < -0.4 is 10.3 Å². The van der Waals surface area contributed by atoms with Crippen molar-refractivity contribution in [3.05, 3.63) is 77.0 Å². The van der Waals surface area contributed by atoms with Crippen LogP contribution in [0.3, 0.4) is 0 Å². The fourth-order valence-corrected chi connectivity index (χ4v) is 3.82. The van der Waals surface area contributed by atoms with Gasteiger partial charge in [-0.15, -0.1) is 0 Å². The Morgan fingerprint density at radius 2 is 1.89 bits per heavy atom. The zero-order valence-corrected chi connectivity index (χ0v) is 18.9. The maximum absolute atomic E-state index is 12.8. The second-order valence-electron chi connectivity index (χ2n) is 7.71. The van der Waals surface area contributed by atoms with Crippen LogP contribution in [0.25, 0.3) is 33.3 Å². The van der Waals surface area contributed by atoms with Crippen LogP contribution >= 0.6 is 0 Å². The van der Waals surface area contributed by atoms with Gasteiger partial charge in [-0.2, -0.15) is 5.10 Å². The third kappa shape index (κ3) is 4.05. The number of hydrogen-bond donors (Lipinski definition) is 0.